The van der Waals surface area contributed by atoms with E-state index >= 15 is 0 Å². The van der Waals surface area contributed by atoms with Crippen LogP contribution in [0.25, 0.3) is 0 Å². The van der Waals surface area contributed by atoms with Crippen LogP contribution in [0.1, 0.15) is 40.5 Å². The van der Waals surface area contributed by atoms with Gasteiger partial charge in [-0.3, -0.25) is 4.68 Å². The van der Waals surface area contributed by atoms with Crippen molar-refractivity contribution in [1.82, 2.24) is 9.78 Å². The second-order valence-corrected chi connectivity index (χ2v) is 4.68. The summed E-state index contributed by atoms with van der Waals surface area (Å²) < 4.78 is 1.59. The van der Waals surface area contributed by atoms with Crippen LogP contribution in [0.15, 0.2) is 36.4 Å². The zero-order valence-electron chi connectivity index (χ0n) is 9.91. The van der Waals surface area contributed by atoms with Gasteiger partial charge in [-0.1, -0.05) is 30.3 Å². The number of carboxylic acids is 1. The first kappa shape index (κ1) is 11.0. The summed E-state index contributed by atoms with van der Waals surface area (Å²) in [7, 11) is 0. The van der Waals surface area contributed by atoms with Crippen molar-refractivity contribution < 1.29 is 9.90 Å². The molecule has 1 aliphatic rings. The highest BCUT2D eigenvalue weighted by Crippen LogP contribution is 2.39. The third-order valence-electron chi connectivity index (χ3n) is 3.19. The molecule has 1 heterocycles. The zero-order chi connectivity index (χ0) is 12.5. The van der Waals surface area contributed by atoms with Gasteiger partial charge in [0.05, 0.1) is 12.2 Å². The van der Waals surface area contributed by atoms with E-state index in [1.807, 2.05) is 30.3 Å². The van der Waals surface area contributed by atoms with Crippen molar-refractivity contribution in [3.8, 4) is 0 Å². The molecule has 1 fully saturated rings. The summed E-state index contributed by atoms with van der Waals surface area (Å²) in [5.74, 6) is -0.439. The lowest BCUT2D eigenvalue weighted by Gasteiger charge is -2.04. The largest absolute Gasteiger partial charge is 0.477 e. The second kappa shape index (κ2) is 4.29. The van der Waals surface area contributed by atoms with Crippen molar-refractivity contribution >= 4 is 5.97 Å². The minimum atomic E-state index is -0.912. The normalized spacial score (nSPS) is 14.7. The smallest absolute Gasteiger partial charge is 0.354 e. The van der Waals surface area contributed by atoms with Crippen molar-refractivity contribution in [3.63, 3.8) is 0 Å². The maximum Gasteiger partial charge on any atom is 0.354 e. The average molecular weight is 242 g/mol. The van der Waals surface area contributed by atoms with E-state index in [9.17, 15) is 9.90 Å². The lowest BCUT2D eigenvalue weighted by atomic mass is 10.2. The lowest BCUT2D eigenvalue weighted by Crippen LogP contribution is -2.10. The maximum atomic E-state index is 11.2. The highest BCUT2D eigenvalue weighted by atomic mass is 16.4. The molecule has 4 heteroatoms. The molecule has 0 bridgehead atoms. The van der Waals surface area contributed by atoms with Gasteiger partial charge in [-0.15, -0.1) is 0 Å². The fourth-order valence-corrected chi connectivity index (χ4v) is 2.06. The summed E-state index contributed by atoms with van der Waals surface area (Å²) in [4.78, 5) is 11.2. The SMILES string of the molecule is O=C(O)c1cc(C2CC2)nn1Cc1ccccc1. The summed E-state index contributed by atoms with van der Waals surface area (Å²) in [6.45, 7) is 0.509. The Bertz CT molecular complexity index is 571. The molecule has 1 N–H and O–H groups in total. The molecule has 0 unspecified atom stereocenters. The van der Waals surface area contributed by atoms with Gasteiger partial charge in [0, 0.05) is 5.92 Å². The first-order valence-electron chi connectivity index (χ1n) is 6.09. The molecule has 92 valence electrons. The van der Waals surface area contributed by atoms with E-state index in [0.29, 0.717) is 12.5 Å². The number of carboxylic acid groups (broad SMARTS) is 1. The number of benzene rings is 1. The van der Waals surface area contributed by atoms with Gasteiger partial charge < -0.3 is 5.11 Å². The van der Waals surface area contributed by atoms with E-state index in [4.69, 9.17) is 0 Å². The second-order valence-electron chi connectivity index (χ2n) is 4.68. The van der Waals surface area contributed by atoms with Crippen LogP contribution in [0.4, 0.5) is 0 Å². The lowest BCUT2D eigenvalue weighted by molar-refractivity contribution is 0.0684. The summed E-state index contributed by atoms with van der Waals surface area (Å²) in [5, 5.41) is 13.6. The van der Waals surface area contributed by atoms with Gasteiger partial charge in [0.1, 0.15) is 5.69 Å². The minimum Gasteiger partial charge on any atom is -0.477 e. The Balaban J connectivity index is 1.92. The Morgan fingerprint density at radius 1 is 1.33 bits per heavy atom. The molecule has 0 radical (unpaired) electrons. The highest BCUT2D eigenvalue weighted by molar-refractivity contribution is 5.85. The topological polar surface area (TPSA) is 55.1 Å². The van der Waals surface area contributed by atoms with E-state index < -0.39 is 5.97 Å². The van der Waals surface area contributed by atoms with Crippen LogP contribution in [0.3, 0.4) is 0 Å². The molecule has 0 atom stereocenters. The summed E-state index contributed by atoms with van der Waals surface area (Å²) in [6.07, 6.45) is 2.25. The third-order valence-corrected chi connectivity index (χ3v) is 3.19. The van der Waals surface area contributed by atoms with Crippen LogP contribution in [-0.2, 0) is 6.54 Å². The fourth-order valence-electron chi connectivity index (χ4n) is 2.06. The number of aromatic carboxylic acids is 1. The Hall–Kier alpha value is -2.10. The van der Waals surface area contributed by atoms with Gasteiger partial charge in [-0.2, -0.15) is 5.10 Å². The number of aromatic nitrogens is 2. The predicted molar refractivity (Wildman–Crippen MR) is 66.7 cm³/mol. The summed E-state index contributed by atoms with van der Waals surface area (Å²) >= 11 is 0. The van der Waals surface area contributed by atoms with Crippen LogP contribution >= 0.6 is 0 Å². The molecule has 1 aliphatic carbocycles. The monoisotopic (exact) mass is 242 g/mol. The number of carbonyl (C=O) groups is 1. The number of rotatable bonds is 4. The van der Waals surface area contributed by atoms with Gasteiger partial charge in [-0.05, 0) is 24.5 Å². The minimum absolute atomic E-state index is 0.278. The quantitative estimate of drug-likeness (QED) is 0.896. The van der Waals surface area contributed by atoms with Crippen molar-refractivity contribution in [2.45, 2.75) is 25.3 Å². The molecule has 3 rings (SSSR count). The number of hydrogen-bond acceptors (Lipinski definition) is 2. The van der Waals surface area contributed by atoms with Crippen LogP contribution in [-0.4, -0.2) is 20.9 Å². The zero-order valence-corrected chi connectivity index (χ0v) is 9.91. The van der Waals surface area contributed by atoms with Gasteiger partial charge in [0.2, 0.25) is 0 Å². The molecule has 0 saturated heterocycles. The molecular formula is C14H14N2O2. The molecular weight excluding hydrogens is 228 g/mol. The molecule has 18 heavy (non-hydrogen) atoms. The molecule has 1 aromatic carbocycles. The van der Waals surface area contributed by atoms with E-state index in [2.05, 4.69) is 5.10 Å². The Labute approximate surface area is 105 Å². The Morgan fingerprint density at radius 3 is 2.67 bits per heavy atom. The van der Waals surface area contributed by atoms with Crippen molar-refractivity contribution in [2.75, 3.05) is 0 Å². The van der Waals surface area contributed by atoms with Crippen molar-refractivity contribution in [2.24, 2.45) is 0 Å². The van der Waals surface area contributed by atoms with Gasteiger partial charge in [-0.25, -0.2) is 4.79 Å². The molecule has 2 aromatic rings. The standard InChI is InChI=1S/C14H14N2O2/c17-14(18)13-8-12(11-6-7-11)15-16(13)9-10-4-2-1-3-5-10/h1-5,8,11H,6-7,9H2,(H,17,18). The summed E-state index contributed by atoms with van der Waals surface area (Å²) in [5.41, 5.74) is 2.26. The first-order chi connectivity index (χ1) is 8.74. The van der Waals surface area contributed by atoms with E-state index in [1.165, 1.54) is 0 Å². The van der Waals surface area contributed by atoms with Crippen LogP contribution < -0.4 is 0 Å². The van der Waals surface area contributed by atoms with Gasteiger partial charge in [0.25, 0.3) is 0 Å². The van der Waals surface area contributed by atoms with Crippen LogP contribution in [0.5, 0.6) is 0 Å². The molecule has 0 spiro atoms. The highest BCUT2D eigenvalue weighted by Gasteiger charge is 2.28. The number of nitrogens with zero attached hydrogens (tertiary/aromatic N) is 2. The van der Waals surface area contributed by atoms with E-state index in [-0.39, 0.29) is 5.69 Å². The molecule has 1 saturated carbocycles. The average Bonchev–Trinajstić information content (AvgIpc) is 3.12. The maximum absolute atomic E-state index is 11.2. The molecule has 1 aromatic heterocycles. The van der Waals surface area contributed by atoms with Crippen LogP contribution in [0, 0.1) is 0 Å². The van der Waals surface area contributed by atoms with Crippen molar-refractivity contribution in [1.29, 1.82) is 0 Å². The molecule has 0 amide bonds. The first-order valence-corrected chi connectivity index (χ1v) is 6.09. The van der Waals surface area contributed by atoms with E-state index in [0.717, 1.165) is 24.1 Å². The Kier molecular flexibility index (Phi) is 2.63. The molecule has 0 aliphatic heterocycles. The summed E-state index contributed by atoms with van der Waals surface area (Å²) in [6, 6.07) is 11.5. The molecule has 4 nitrogen and oxygen atoms in total. The van der Waals surface area contributed by atoms with E-state index in [1.54, 1.807) is 10.7 Å². The fraction of sp³-hybridized carbons (Fsp3) is 0.286. The predicted octanol–water partition coefficient (Wildman–Crippen LogP) is 2.51. The number of hydrogen-bond donors (Lipinski definition) is 1. The van der Waals surface area contributed by atoms with Crippen LogP contribution in [0.2, 0.25) is 0 Å². The van der Waals surface area contributed by atoms with Crippen molar-refractivity contribution in [3.05, 3.63) is 53.3 Å². The Morgan fingerprint density at radius 2 is 2.06 bits per heavy atom. The van der Waals surface area contributed by atoms with Gasteiger partial charge >= 0.3 is 5.97 Å². The third kappa shape index (κ3) is 2.14. The van der Waals surface area contributed by atoms with Gasteiger partial charge in [0.15, 0.2) is 0 Å².